The van der Waals surface area contributed by atoms with Gasteiger partial charge in [-0.25, -0.2) is 0 Å². The van der Waals surface area contributed by atoms with Gasteiger partial charge in [0.1, 0.15) is 6.10 Å². The second kappa shape index (κ2) is 6.29. The predicted molar refractivity (Wildman–Crippen MR) is 101 cm³/mol. The highest BCUT2D eigenvalue weighted by Gasteiger charge is 2.40. The van der Waals surface area contributed by atoms with Gasteiger partial charge in [0.2, 0.25) is 0 Å². The van der Waals surface area contributed by atoms with Crippen molar-refractivity contribution in [3.63, 3.8) is 0 Å². The average Bonchev–Trinajstić information content (AvgIpc) is 3.44. The van der Waals surface area contributed by atoms with Gasteiger partial charge < -0.3 is 14.6 Å². The molecule has 26 heavy (non-hydrogen) atoms. The van der Waals surface area contributed by atoms with Crippen LogP contribution in [-0.2, 0) is 4.74 Å². The Labute approximate surface area is 152 Å². The van der Waals surface area contributed by atoms with Crippen LogP contribution < -0.4 is 0 Å². The number of hydrogen-bond acceptors (Lipinski definition) is 2. The maximum atomic E-state index is 13.3. The first kappa shape index (κ1) is 15.6. The minimum Gasteiger partial charge on any atom is -0.366 e. The molecule has 1 aliphatic carbocycles. The zero-order valence-electron chi connectivity index (χ0n) is 14.6. The van der Waals surface area contributed by atoms with Crippen molar-refractivity contribution in [3.8, 4) is 0 Å². The molecule has 1 N–H and O–H groups in total. The van der Waals surface area contributed by atoms with E-state index in [1.807, 2.05) is 53.6 Å². The van der Waals surface area contributed by atoms with E-state index >= 15 is 0 Å². The number of nitrogens with zero attached hydrogens (tertiary/aromatic N) is 1. The van der Waals surface area contributed by atoms with E-state index in [2.05, 4.69) is 17.1 Å². The summed E-state index contributed by atoms with van der Waals surface area (Å²) in [7, 11) is 0. The number of nitrogens with one attached hydrogen (secondary N) is 1. The molecule has 132 valence electrons. The molecular formula is C22H22N2O2. The van der Waals surface area contributed by atoms with Gasteiger partial charge in [-0.3, -0.25) is 4.79 Å². The Bertz CT molecular complexity index is 929. The molecule has 1 saturated heterocycles. The fraction of sp³-hybridized carbons (Fsp3) is 0.318. The Hall–Kier alpha value is -2.59. The molecule has 1 amide bonds. The summed E-state index contributed by atoms with van der Waals surface area (Å²) >= 11 is 0. The van der Waals surface area contributed by atoms with Crippen LogP contribution >= 0.6 is 0 Å². The Morgan fingerprint density at radius 1 is 1.00 bits per heavy atom. The normalized spacial score (nSPS) is 23.3. The van der Waals surface area contributed by atoms with Gasteiger partial charge in [-0.15, -0.1) is 0 Å². The molecular weight excluding hydrogens is 324 g/mol. The lowest BCUT2D eigenvalue weighted by atomic mass is 10.0. The number of H-pyrrole nitrogens is 1. The van der Waals surface area contributed by atoms with Gasteiger partial charge in [-0.05, 0) is 42.5 Å². The molecule has 0 spiro atoms. The SMILES string of the molecule is O=C(c1cccc2[nH]ccc12)N1C[C@@H](c2ccccc2)O[C@@H](C2CC2)C1. The molecule has 3 aromatic rings. The predicted octanol–water partition coefficient (Wildman–Crippen LogP) is 4.16. The summed E-state index contributed by atoms with van der Waals surface area (Å²) in [6, 6.07) is 18.1. The molecule has 1 aliphatic heterocycles. The van der Waals surface area contributed by atoms with E-state index in [1.54, 1.807) is 0 Å². The number of morpholine rings is 1. The molecule has 2 aromatic carbocycles. The number of rotatable bonds is 3. The van der Waals surface area contributed by atoms with E-state index < -0.39 is 0 Å². The summed E-state index contributed by atoms with van der Waals surface area (Å²) in [5.74, 6) is 0.699. The highest BCUT2D eigenvalue weighted by atomic mass is 16.5. The number of ether oxygens (including phenoxy) is 1. The van der Waals surface area contributed by atoms with E-state index in [0.717, 1.165) is 22.0 Å². The van der Waals surface area contributed by atoms with Gasteiger partial charge in [-0.2, -0.15) is 0 Å². The van der Waals surface area contributed by atoms with Gasteiger partial charge in [-0.1, -0.05) is 36.4 Å². The third-order valence-electron chi connectivity index (χ3n) is 5.56. The van der Waals surface area contributed by atoms with Crippen LogP contribution in [0.1, 0.15) is 34.9 Å². The van der Waals surface area contributed by atoms with Gasteiger partial charge in [0.05, 0.1) is 12.6 Å². The summed E-state index contributed by atoms with van der Waals surface area (Å²) in [6.45, 7) is 1.29. The lowest BCUT2D eigenvalue weighted by Crippen LogP contribution is -2.47. The summed E-state index contributed by atoms with van der Waals surface area (Å²) in [6.07, 6.45) is 4.40. The first-order chi connectivity index (χ1) is 12.8. The van der Waals surface area contributed by atoms with Crippen molar-refractivity contribution in [1.82, 2.24) is 9.88 Å². The average molecular weight is 346 g/mol. The fourth-order valence-corrected chi connectivity index (χ4v) is 3.98. The smallest absolute Gasteiger partial charge is 0.254 e. The maximum absolute atomic E-state index is 13.3. The molecule has 2 aliphatic rings. The molecule has 0 unspecified atom stereocenters. The molecule has 5 rings (SSSR count). The standard InChI is InChI=1S/C22H22N2O2/c25-22(18-7-4-8-19-17(18)11-12-23-19)24-13-20(15-5-2-1-3-6-15)26-21(14-24)16-9-10-16/h1-8,11-12,16,20-21,23H,9-10,13-14H2/t20-,21+/m0/s1. The molecule has 4 nitrogen and oxygen atoms in total. The number of aromatic amines is 1. The number of fused-ring (bicyclic) bond motifs is 1. The molecule has 1 aromatic heterocycles. The van der Waals surface area contributed by atoms with Crippen LogP contribution in [0.2, 0.25) is 0 Å². The van der Waals surface area contributed by atoms with Crippen molar-refractivity contribution in [2.45, 2.75) is 25.0 Å². The summed E-state index contributed by atoms with van der Waals surface area (Å²) in [4.78, 5) is 18.5. The quantitative estimate of drug-likeness (QED) is 0.774. The first-order valence-corrected chi connectivity index (χ1v) is 9.35. The van der Waals surface area contributed by atoms with E-state index in [4.69, 9.17) is 4.74 Å². The number of hydrogen-bond donors (Lipinski definition) is 1. The summed E-state index contributed by atoms with van der Waals surface area (Å²) in [5, 5.41) is 0.989. The zero-order valence-corrected chi connectivity index (χ0v) is 14.6. The number of amides is 1. The lowest BCUT2D eigenvalue weighted by Gasteiger charge is -2.38. The first-order valence-electron chi connectivity index (χ1n) is 9.35. The van der Waals surface area contributed by atoms with Crippen LogP contribution in [-0.4, -0.2) is 35.0 Å². The maximum Gasteiger partial charge on any atom is 0.254 e. The topological polar surface area (TPSA) is 45.3 Å². The van der Waals surface area contributed by atoms with Crippen molar-refractivity contribution in [2.24, 2.45) is 5.92 Å². The lowest BCUT2D eigenvalue weighted by molar-refractivity contribution is -0.0863. The van der Waals surface area contributed by atoms with Gasteiger partial charge in [0.25, 0.3) is 5.91 Å². The number of carbonyl (C=O) groups is 1. The Kier molecular flexibility index (Phi) is 3.79. The molecule has 2 fully saturated rings. The van der Waals surface area contributed by atoms with Crippen LogP contribution in [0.4, 0.5) is 0 Å². The van der Waals surface area contributed by atoms with Crippen LogP contribution in [0, 0.1) is 5.92 Å². The van der Waals surface area contributed by atoms with E-state index in [0.29, 0.717) is 19.0 Å². The Morgan fingerprint density at radius 3 is 2.65 bits per heavy atom. The van der Waals surface area contributed by atoms with E-state index in [1.165, 1.54) is 12.8 Å². The monoisotopic (exact) mass is 346 g/mol. The van der Waals surface area contributed by atoms with Crippen molar-refractivity contribution < 1.29 is 9.53 Å². The highest BCUT2D eigenvalue weighted by Crippen LogP contribution is 2.39. The van der Waals surface area contributed by atoms with Gasteiger partial charge in [0.15, 0.2) is 0 Å². The molecule has 0 bridgehead atoms. The van der Waals surface area contributed by atoms with E-state index in [9.17, 15) is 4.79 Å². The van der Waals surface area contributed by atoms with Crippen LogP contribution in [0.5, 0.6) is 0 Å². The third kappa shape index (κ3) is 2.80. The Morgan fingerprint density at radius 2 is 1.85 bits per heavy atom. The third-order valence-corrected chi connectivity index (χ3v) is 5.56. The second-order valence-electron chi connectivity index (χ2n) is 7.37. The molecule has 1 saturated carbocycles. The van der Waals surface area contributed by atoms with Crippen molar-refractivity contribution in [1.29, 1.82) is 0 Å². The molecule has 2 atom stereocenters. The minimum absolute atomic E-state index is 0.0510. The van der Waals surface area contributed by atoms with Crippen molar-refractivity contribution in [2.75, 3.05) is 13.1 Å². The largest absolute Gasteiger partial charge is 0.366 e. The van der Waals surface area contributed by atoms with Crippen LogP contribution in [0.25, 0.3) is 10.9 Å². The minimum atomic E-state index is -0.0510. The van der Waals surface area contributed by atoms with Gasteiger partial charge >= 0.3 is 0 Å². The van der Waals surface area contributed by atoms with Crippen molar-refractivity contribution in [3.05, 3.63) is 71.9 Å². The fourth-order valence-electron chi connectivity index (χ4n) is 3.98. The molecule has 4 heteroatoms. The highest BCUT2D eigenvalue weighted by molar-refractivity contribution is 6.06. The van der Waals surface area contributed by atoms with Crippen LogP contribution in [0.15, 0.2) is 60.8 Å². The Balaban J connectivity index is 1.46. The molecule has 2 heterocycles. The van der Waals surface area contributed by atoms with Crippen molar-refractivity contribution >= 4 is 16.8 Å². The second-order valence-corrected chi connectivity index (χ2v) is 7.37. The van der Waals surface area contributed by atoms with Crippen LogP contribution in [0.3, 0.4) is 0 Å². The summed E-state index contributed by atoms with van der Waals surface area (Å²) in [5.41, 5.74) is 2.92. The van der Waals surface area contributed by atoms with E-state index in [-0.39, 0.29) is 18.1 Å². The number of benzene rings is 2. The molecule has 0 radical (unpaired) electrons. The number of carbonyl (C=O) groups excluding carboxylic acids is 1. The zero-order chi connectivity index (χ0) is 17.5. The van der Waals surface area contributed by atoms with Gasteiger partial charge in [0, 0.05) is 29.2 Å². The number of aromatic nitrogens is 1. The summed E-state index contributed by atoms with van der Waals surface area (Å²) < 4.78 is 6.39.